The van der Waals surface area contributed by atoms with Crippen LogP contribution in [0.2, 0.25) is 0 Å². The maximum Gasteiger partial charge on any atom is 0.248 e. The van der Waals surface area contributed by atoms with Crippen LogP contribution in [0.4, 0.5) is 0 Å². The van der Waals surface area contributed by atoms with Gasteiger partial charge in [0.25, 0.3) is 0 Å². The zero-order valence-electron chi connectivity index (χ0n) is 25.3. The fourth-order valence-corrected chi connectivity index (χ4v) is 6.27. The first-order valence-corrected chi connectivity index (χ1v) is 15.4. The number of fused-ring (bicyclic) bond motifs is 1. The average Bonchev–Trinajstić information content (AvgIpc) is 3.87. The van der Waals surface area contributed by atoms with Gasteiger partial charge in [0, 0.05) is 11.8 Å². The predicted molar refractivity (Wildman–Crippen MR) is 176 cm³/mol. The molecule has 0 spiro atoms. The molecule has 0 aliphatic carbocycles. The normalized spacial score (nSPS) is 15.8. The second kappa shape index (κ2) is 11.7. The summed E-state index contributed by atoms with van der Waals surface area (Å²) in [5.74, 6) is 1.86. The maximum atomic E-state index is 13.2. The van der Waals surface area contributed by atoms with Gasteiger partial charge in [-0.3, -0.25) is 9.36 Å². The molecule has 222 valence electrons. The first-order valence-electron chi connectivity index (χ1n) is 15.4. The SMILES string of the molecule is CNC(C(=O)n1cccc1-c1ncc(-c2ccc3cc(-c4ccc(-c5cnc(C6CCCN6)[nH]5)cc4)ccc3c2)[nH]1)C(C)C. The van der Waals surface area contributed by atoms with E-state index in [1.165, 1.54) is 22.9 Å². The number of nitrogens with zero attached hydrogens (tertiary/aromatic N) is 3. The highest BCUT2D eigenvalue weighted by Crippen LogP contribution is 2.31. The molecule has 1 aliphatic heterocycles. The lowest BCUT2D eigenvalue weighted by molar-refractivity contribution is 0.0839. The number of carbonyl (C=O) groups excluding carboxylic acids is 1. The van der Waals surface area contributed by atoms with Gasteiger partial charge in [0.1, 0.15) is 5.82 Å². The van der Waals surface area contributed by atoms with Gasteiger partial charge in [-0.05, 0) is 84.1 Å². The summed E-state index contributed by atoms with van der Waals surface area (Å²) in [7, 11) is 1.82. The molecule has 44 heavy (non-hydrogen) atoms. The number of likely N-dealkylation sites (N-methyl/N-ethyl adjacent to an activating group) is 1. The van der Waals surface area contributed by atoms with Crippen LogP contribution >= 0.6 is 0 Å². The highest BCUT2D eigenvalue weighted by molar-refractivity contribution is 5.91. The summed E-state index contributed by atoms with van der Waals surface area (Å²) in [6.45, 7) is 5.14. The Morgan fingerprint density at radius 1 is 0.864 bits per heavy atom. The van der Waals surface area contributed by atoms with Gasteiger partial charge in [-0.25, -0.2) is 9.97 Å². The second-order valence-electron chi connectivity index (χ2n) is 11.9. The fraction of sp³-hybridized carbons (Fsp3) is 0.250. The first kappa shape index (κ1) is 28.0. The minimum absolute atomic E-state index is 0.00363. The Hall–Kier alpha value is -4.79. The molecule has 2 atom stereocenters. The third kappa shape index (κ3) is 5.27. The Bertz CT molecular complexity index is 1920. The second-order valence-corrected chi connectivity index (χ2v) is 11.9. The summed E-state index contributed by atoms with van der Waals surface area (Å²) in [6.07, 6.45) is 7.89. The van der Waals surface area contributed by atoms with Crippen molar-refractivity contribution in [1.82, 2.24) is 35.1 Å². The van der Waals surface area contributed by atoms with Crippen LogP contribution in [0.3, 0.4) is 0 Å². The predicted octanol–water partition coefficient (Wildman–Crippen LogP) is 7.06. The van der Waals surface area contributed by atoms with Gasteiger partial charge in [-0.1, -0.05) is 62.4 Å². The standard InChI is InChI=1S/C36H37N7O/c1-22(2)33(37-3)36(44)43-17-5-7-32(43)35-40-21-31(42-35)28-15-14-26-18-25(12-13-27(26)19-28)23-8-10-24(11-9-23)30-20-39-34(41-30)29-6-4-16-38-29/h5,7-15,17-22,29,33,37-38H,4,6,16H2,1-3H3,(H,39,41)(H,40,42). The molecule has 1 fully saturated rings. The minimum atomic E-state index is -0.276. The number of imidazole rings is 2. The van der Waals surface area contributed by atoms with Gasteiger partial charge in [0.05, 0.1) is 41.6 Å². The quantitative estimate of drug-likeness (QED) is 0.154. The number of rotatable bonds is 8. The van der Waals surface area contributed by atoms with Crippen LogP contribution < -0.4 is 10.6 Å². The van der Waals surface area contributed by atoms with Crippen molar-refractivity contribution in [3.05, 3.63) is 97.2 Å². The minimum Gasteiger partial charge on any atom is -0.341 e. The Labute approximate surface area is 257 Å². The zero-order valence-corrected chi connectivity index (χ0v) is 25.3. The smallest absolute Gasteiger partial charge is 0.248 e. The summed E-state index contributed by atoms with van der Waals surface area (Å²) in [5.41, 5.74) is 7.22. The monoisotopic (exact) mass is 583 g/mol. The van der Waals surface area contributed by atoms with E-state index in [0.717, 1.165) is 52.4 Å². The van der Waals surface area contributed by atoms with Crippen LogP contribution in [0.5, 0.6) is 0 Å². The molecule has 1 saturated heterocycles. The van der Waals surface area contributed by atoms with Gasteiger partial charge in [0.2, 0.25) is 5.91 Å². The van der Waals surface area contributed by atoms with Gasteiger partial charge < -0.3 is 20.6 Å². The molecule has 3 aromatic carbocycles. The van der Waals surface area contributed by atoms with E-state index >= 15 is 0 Å². The number of aromatic amines is 2. The van der Waals surface area contributed by atoms with Crippen molar-refractivity contribution in [3.63, 3.8) is 0 Å². The number of nitrogens with one attached hydrogen (secondary N) is 4. The van der Waals surface area contributed by atoms with E-state index < -0.39 is 0 Å². The molecule has 4 N–H and O–H groups in total. The van der Waals surface area contributed by atoms with Crippen molar-refractivity contribution < 1.29 is 4.79 Å². The molecule has 0 amide bonds. The van der Waals surface area contributed by atoms with E-state index in [0.29, 0.717) is 11.9 Å². The van der Waals surface area contributed by atoms with Crippen LogP contribution in [0.15, 0.2) is 91.4 Å². The van der Waals surface area contributed by atoms with Crippen LogP contribution in [-0.4, -0.2) is 50.0 Å². The molecular formula is C36H37N7O. The largest absolute Gasteiger partial charge is 0.341 e. The molecule has 0 radical (unpaired) electrons. The molecular weight excluding hydrogens is 546 g/mol. The maximum absolute atomic E-state index is 13.2. The van der Waals surface area contributed by atoms with E-state index in [1.807, 2.05) is 45.4 Å². The molecule has 4 heterocycles. The molecule has 8 heteroatoms. The van der Waals surface area contributed by atoms with Gasteiger partial charge in [-0.2, -0.15) is 0 Å². The third-order valence-electron chi connectivity index (χ3n) is 8.71. The number of aromatic nitrogens is 5. The highest BCUT2D eigenvalue weighted by Gasteiger charge is 2.24. The summed E-state index contributed by atoms with van der Waals surface area (Å²) in [5, 5.41) is 8.97. The first-order chi connectivity index (χ1) is 21.5. The van der Waals surface area contributed by atoms with Crippen LogP contribution in [0.1, 0.15) is 43.3 Å². The lowest BCUT2D eigenvalue weighted by atomic mass is 9.98. The fourth-order valence-electron chi connectivity index (χ4n) is 6.27. The Morgan fingerprint density at radius 2 is 1.55 bits per heavy atom. The summed E-state index contributed by atoms with van der Waals surface area (Å²) in [4.78, 5) is 29.4. The number of H-pyrrole nitrogens is 2. The molecule has 1 aliphatic rings. The van der Waals surface area contributed by atoms with Crippen molar-refractivity contribution in [2.75, 3.05) is 13.6 Å². The van der Waals surface area contributed by atoms with Gasteiger partial charge >= 0.3 is 0 Å². The molecule has 0 saturated carbocycles. The molecule has 0 bridgehead atoms. The van der Waals surface area contributed by atoms with Crippen molar-refractivity contribution in [2.24, 2.45) is 5.92 Å². The molecule has 6 aromatic rings. The average molecular weight is 584 g/mol. The zero-order chi connectivity index (χ0) is 30.2. The highest BCUT2D eigenvalue weighted by atomic mass is 16.2. The number of hydrogen-bond donors (Lipinski definition) is 4. The number of hydrogen-bond acceptors (Lipinski definition) is 5. The molecule has 2 unspecified atom stereocenters. The van der Waals surface area contributed by atoms with E-state index in [-0.39, 0.29) is 17.9 Å². The van der Waals surface area contributed by atoms with Crippen molar-refractivity contribution in [1.29, 1.82) is 0 Å². The van der Waals surface area contributed by atoms with Crippen LogP contribution in [-0.2, 0) is 0 Å². The van der Waals surface area contributed by atoms with Crippen LogP contribution in [0, 0.1) is 5.92 Å². The summed E-state index contributed by atoms with van der Waals surface area (Å²) in [6, 6.07) is 25.5. The molecule has 8 nitrogen and oxygen atoms in total. The van der Waals surface area contributed by atoms with Gasteiger partial charge in [-0.15, -0.1) is 0 Å². The van der Waals surface area contributed by atoms with Crippen molar-refractivity contribution in [3.8, 4) is 45.2 Å². The van der Waals surface area contributed by atoms with E-state index in [9.17, 15) is 4.79 Å². The third-order valence-corrected chi connectivity index (χ3v) is 8.71. The van der Waals surface area contributed by atoms with Crippen molar-refractivity contribution in [2.45, 2.75) is 38.8 Å². The van der Waals surface area contributed by atoms with E-state index in [4.69, 9.17) is 0 Å². The summed E-state index contributed by atoms with van der Waals surface area (Å²) >= 11 is 0. The Morgan fingerprint density at radius 3 is 2.27 bits per heavy atom. The Balaban J connectivity index is 1.10. The topological polar surface area (TPSA) is 103 Å². The van der Waals surface area contributed by atoms with Crippen molar-refractivity contribution >= 4 is 16.7 Å². The molecule has 7 rings (SSSR count). The number of benzene rings is 3. The Kier molecular flexibility index (Phi) is 7.46. The summed E-state index contributed by atoms with van der Waals surface area (Å²) < 4.78 is 1.68. The van der Waals surface area contributed by atoms with E-state index in [2.05, 4.69) is 91.2 Å². The lowest BCUT2D eigenvalue weighted by Gasteiger charge is -2.20. The lowest BCUT2D eigenvalue weighted by Crippen LogP contribution is -2.41. The van der Waals surface area contributed by atoms with Crippen LogP contribution in [0.25, 0.3) is 55.9 Å². The van der Waals surface area contributed by atoms with E-state index in [1.54, 1.807) is 10.8 Å². The van der Waals surface area contributed by atoms with Gasteiger partial charge in [0.15, 0.2) is 5.82 Å². The number of carbonyl (C=O) groups is 1. The molecule has 3 aromatic heterocycles.